The van der Waals surface area contributed by atoms with Gasteiger partial charge in [0.2, 0.25) is 0 Å². The Morgan fingerprint density at radius 3 is 2.75 bits per heavy atom. The van der Waals surface area contributed by atoms with Crippen molar-refractivity contribution in [3.63, 3.8) is 0 Å². The second kappa shape index (κ2) is 4.85. The Balaban J connectivity index is 2.17. The van der Waals surface area contributed by atoms with Crippen LogP contribution < -0.4 is 0 Å². The molecular weight excluding hydrogens is 250 g/mol. The van der Waals surface area contributed by atoms with Gasteiger partial charge in [-0.3, -0.25) is 4.68 Å². The fraction of sp³-hybridized carbons (Fsp3) is 0.182. The Kier molecular flexibility index (Phi) is 3.46. The highest BCUT2D eigenvalue weighted by Gasteiger charge is 2.03. The van der Waals surface area contributed by atoms with Crippen LogP contribution in [0.1, 0.15) is 11.1 Å². The van der Waals surface area contributed by atoms with E-state index in [0.717, 1.165) is 11.1 Å². The lowest BCUT2D eigenvalue weighted by molar-refractivity contribution is 0.619. The molecule has 84 valence electrons. The van der Waals surface area contributed by atoms with Crippen molar-refractivity contribution < 1.29 is 4.39 Å². The highest BCUT2D eigenvalue weighted by Crippen LogP contribution is 2.16. The number of nitrogens with zero attached hydrogens (tertiary/aromatic N) is 2. The second-order valence-electron chi connectivity index (χ2n) is 3.43. The maximum Gasteiger partial charge on any atom is 0.142 e. The summed E-state index contributed by atoms with van der Waals surface area (Å²) in [4.78, 5) is 0. The van der Waals surface area contributed by atoms with Crippen LogP contribution in [0.2, 0.25) is 5.02 Å². The van der Waals surface area contributed by atoms with Crippen LogP contribution in [0.15, 0.2) is 30.6 Å². The van der Waals surface area contributed by atoms with Crippen LogP contribution in [0.3, 0.4) is 0 Å². The van der Waals surface area contributed by atoms with Crippen LogP contribution in [-0.2, 0) is 12.4 Å². The van der Waals surface area contributed by atoms with Crippen molar-refractivity contribution in [2.45, 2.75) is 12.4 Å². The normalized spacial score (nSPS) is 10.7. The van der Waals surface area contributed by atoms with E-state index in [0.29, 0.717) is 12.4 Å². The molecule has 2 rings (SSSR count). The average Bonchev–Trinajstić information content (AvgIpc) is 2.71. The van der Waals surface area contributed by atoms with E-state index in [2.05, 4.69) is 5.10 Å². The largest absolute Gasteiger partial charge is 0.268 e. The van der Waals surface area contributed by atoms with Gasteiger partial charge in [-0.2, -0.15) is 5.10 Å². The lowest BCUT2D eigenvalue weighted by Gasteiger charge is -2.02. The van der Waals surface area contributed by atoms with E-state index >= 15 is 0 Å². The molecule has 0 aliphatic carbocycles. The molecule has 0 unspecified atom stereocenters. The summed E-state index contributed by atoms with van der Waals surface area (Å²) in [5, 5.41) is 4.24. The Bertz CT molecular complexity index is 496. The van der Waals surface area contributed by atoms with Gasteiger partial charge >= 0.3 is 0 Å². The van der Waals surface area contributed by atoms with E-state index in [-0.39, 0.29) is 5.02 Å². The molecule has 0 saturated heterocycles. The van der Waals surface area contributed by atoms with Gasteiger partial charge < -0.3 is 0 Å². The van der Waals surface area contributed by atoms with Crippen LogP contribution in [0.5, 0.6) is 0 Å². The quantitative estimate of drug-likeness (QED) is 0.772. The summed E-state index contributed by atoms with van der Waals surface area (Å²) in [6.45, 7) is 0.505. The number of benzene rings is 1. The molecule has 2 nitrogen and oxygen atoms in total. The van der Waals surface area contributed by atoms with Crippen LogP contribution in [0, 0.1) is 5.82 Å². The predicted molar refractivity (Wildman–Crippen MR) is 62.3 cm³/mol. The summed E-state index contributed by atoms with van der Waals surface area (Å²) < 4.78 is 14.9. The molecule has 1 aromatic carbocycles. The van der Waals surface area contributed by atoms with Crippen LogP contribution in [0.4, 0.5) is 4.39 Å². The van der Waals surface area contributed by atoms with Gasteiger partial charge in [0.25, 0.3) is 0 Å². The third kappa shape index (κ3) is 2.54. The van der Waals surface area contributed by atoms with E-state index in [1.54, 1.807) is 16.9 Å². The number of halogens is 3. The lowest BCUT2D eigenvalue weighted by Crippen LogP contribution is -2.00. The summed E-state index contributed by atoms with van der Waals surface area (Å²) >= 11 is 11.3. The number of alkyl halides is 1. The molecule has 0 fully saturated rings. The SMILES string of the molecule is Fc1cc(Cn2cc(CCl)cn2)ccc1Cl. The zero-order valence-electron chi connectivity index (χ0n) is 8.33. The lowest BCUT2D eigenvalue weighted by atomic mass is 10.2. The van der Waals surface area contributed by atoms with E-state index in [1.807, 2.05) is 6.20 Å². The highest BCUT2D eigenvalue weighted by molar-refractivity contribution is 6.30. The minimum atomic E-state index is -0.413. The second-order valence-corrected chi connectivity index (χ2v) is 4.10. The van der Waals surface area contributed by atoms with Crippen LogP contribution >= 0.6 is 23.2 Å². The number of aromatic nitrogens is 2. The van der Waals surface area contributed by atoms with Crippen molar-refractivity contribution >= 4 is 23.2 Å². The molecule has 5 heteroatoms. The van der Waals surface area contributed by atoms with Crippen molar-refractivity contribution in [1.29, 1.82) is 0 Å². The maximum absolute atomic E-state index is 13.2. The van der Waals surface area contributed by atoms with E-state index < -0.39 is 5.82 Å². The van der Waals surface area contributed by atoms with Gasteiger partial charge in [-0.05, 0) is 17.7 Å². The van der Waals surface area contributed by atoms with Crippen LogP contribution in [-0.4, -0.2) is 9.78 Å². The van der Waals surface area contributed by atoms with Crippen molar-refractivity contribution in [2.75, 3.05) is 0 Å². The van der Waals surface area contributed by atoms with Gasteiger partial charge in [-0.25, -0.2) is 4.39 Å². The summed E-state index contributed by atoms with van der Waals surface area (Å²) in [5.41, 5.74) is 1.75. The molecule has 0 atom stereocenters. The topological polar surface area (TPSA) is 17.8 Å². The van der Waals surface area contributed by atoms with Gasteiger partial charge in [0.05, 0.1) is 23.6 Å². The van der Waals surface area contributed by atoms with Crippen LogP contribution in [0.25, 0.3) is 0 Å². The fourth-order valence-electron chi connectivity index (χ4n) is 1.39. The molecule has 1 aromatic heterocycles. The minimum Gasteiger partial charge on any atom is -0.268 e. The van der Waals surface area contributed by atoms with Gasteiger partial charge in [0.1, 0.15) is 5.82 Å². The van der Waals surface area contributed by atoms with Crippen molar-refractivity contribution in [1.82, 2.24) is 9.78 Å². The number of rotatable bonds is 3. The summed E-state index contributed by atoms with van der Waals surface area (Å²) in [7, 11) is 0. The molecule has 0 spiro atoms. The first-order valence-electron chi connectivity index (χ1n) is 4.70. The van der Waals surface area contributed by atoms with Gasteiger partial charge in [0, 0.05) is 11.8 Å². The molecule has 16 heavy (non-hydrogen) atoms. The Hall–Kier alpha value is -1.06. The molecule has 0 bridgehead atoms. The third-order valence-electron chi connectivity index (χ3n) is 2.17. The van der Waals surface area contributed by atoms with E-state index in [9.17, 15) is 4.39 Å². The Morgan fingerprint density at radius 1 is 1.31 bits per heavy atom. The van der Waals surface area contributed by atoms with Crippen molar-refractivity contribution in [3.8, 4) is 0 Å². The smallest absolute Gasteiger partial charge is 0.142 e. The molecule has 0 saturated carbocycles. The van der Waals surface area contributed by atoms with Crippen molar-refractivity contribution in [3.05, 3.63) is 52.6 Å². The first-order chi connectivity index (χ1) is 7.69. The Morgan fingerprint density at radius 2 is 2.12 bits per heavy atom. The third-order valence-corrected chi connectivity index (χ3v) is 2.78. The molecule has 1 heterocycles. The molecule has 2 aromatic rings. The summed E-state index contributed by atoms with van der Waals surface area (Å²) in [5.74, 6) is 0.0125. The highest BCUT2D eigenvalue weighted by atomic mass is 35.5. The van der Waals surface area contributed by atoms with E-state index in [4.69, 9.17) is 23.2 Å². The predicted octanol–water partition coefficient (Wildman–Crippen LogP) is 3.46. The molecule has 0 aliphatic heterocycles. The zero-order chi connectivity index (χ0) is 11.5. The molecular formula is C11H9Cl2FN2. The first kappa shape index (κ1) is 11.4. The van der Waals surface area contributed by atoms with Gasteiger partial charge in [-0.15, -0.1) is 11.6 Å². The molecule has 0 radical (unpaired) electrons. The minimum absolute atomic E-state index is 0.130. The summed E-state index contributed by atoms with van der Waals surface area (Å²) in [6.07, 6.45) is 3.53. The molecule has 0 amide bonds. The van der Waals surface area contributed by atoms with Crippen molar-refractivity contribution in [2.24, 2.45) is 0 Å². The number of hydrogen-bond acceptors (Lipinski definition) is 1. The fourth-order valence-corrected chi connectivity index (χ4v) is 1.64. The maximum atomic E-state index is 13.2. The average molecular weight is 259 g/mol. The standard InChI is InChI=1S/C11H9Cl2FN2/c12-4-9-5-15-16(7-9)6-8-1-2-10(13)11(14)3-8/h1-3,5,7H,4,6H2. The van der Waals surface area contributed by atoms with E-state index in [1.165, 1.54) is 12.1 Å². The molecule has 0 aliphatic rings. The van der Waals surface area contributed by atoms with Gasteiger partial charge in [-0.1, -0.05) is 17.7 Å². The van der Waals surface area contributed by atoms with Gasteiger partial charge in [0.15, 0.2) is 0 Å². The monoisotopic (exact) mass is 258 g/mol. The summed E-state index contributed by atoms with van der Waals surface area (Å²) in [6, 6.07) is 4.72. The zero-order valence-corrected chi connectivity index (χ0v) is 9.84. The number of hydrogen-bond donors (Lipinski definition) is 0. The molecule has 0 N–H and O–H groups in total. The Labute approximate surface area is 103 Å². The first-order valence-corrected chi connectivity index (χ1v) is 5.61.